The fourth-order valence-corrected chi connectivity index (χ4v) is 3.55. The zero-order valence-electron chi connectivity index (χ0n) is 16.6. The summed E-state index contributed by atoms with van der Waals surface area (Å²) in [7, 11) is 0. The van der Waals surface area contributed by atoms with Gasteiger partial charge in [-0.05, 0) is 18.9 Å². The van der Waals surface area contributed by atoms with Crippen LogP contribution in [0.2, 0.25) is 0 Å². The first-order valence-electron chi connectivity index (χ1n) is 9.96. The monoisotopic (exact) mass is 430 g/mol. The number of aliphatic hydroxyl groups excluding tert-OH is 6. The van der Waals surface area contributed by atoms with E-state index in [9.17, 15) is 30.6 Å². The Balaban J connectivity index is 1.69. The molecule has 0 aliphatic carbocycles. The predicted octanol–water partition coefficient (Wildman–Crippen LogP) is -2.10. The van der Waals surface area contributed by atoms with Crippen molar-refractivity contribution in [2.24, 2.45) is 0 Å². The van der Waals surface area contributed by atoms with Crippen molar-refractivity contribution in [2.75, 3.05) is 13.2 Å². The summed E-state index contributed by atoms with van der Waals surface area (Å²) in [5.74, 6) is 0. The standard InChI is InChI=1S/C20H30O10/c1-10-13(22)15(24)17(26)19(28-10)30-18-16(25)14(23)12(9-21)29-20(18)27-8-7-11-5-3-2-4-6-11/h2-6,10,12-26H,7-9H2,1H3. The van der Waals surface area contributed by atoms with E-state index in [2.05, 4.69) is 0 Å². The molecule has 10 heteroatoms. The molecule has 2 aliphatic rings. The molecule has 2 aliphatic heterocycles. The third kappa shape index (κ3) is 5.17. The van der Waals surface area contributed by atoms with Gasteiger partial charge in [0, 0.05) is 0 Å². The molecule has 3 rings (SSSR count). The molecule has 2 heterocycles. The molecule has 10 atom stereocenters. The van der Waals surface area contributed by atoms with E-state index in [1.165, 1.54) is 6.92 Å². The second-order valence-electron chi connectivity index (χ2n) is 7.60. The van der Waals surface area contributed by atoms with E-state index in [-0.39, 0.29) is 6.61 Å². The van der Waals surface area contributed by atoms with E-state index in [0.29, 0.717) is 6.42 Å². The van der Waals surface area contributed by atoms with Crippen LogP contribution in [0.5, 0.6) is 0 Å². The molecule has 0 spiro atoms. The molecule has 0 aromatic heterocycles. The summed E-state index contributed by atoms with van der Waals surface area (Å²) in [4.78, 5) is 0. The Kier molecular flexibility index (Phi) is 8.16. The molecule has 1 aromatic rings. The van der Waals surface area contributed by atoms with Crippen LogP contribution < -0.4 is 0 Å². The van der Waals surface area contributed by atoms with E-state index in [1.54, 1.807) is 0 Å². The van der Waals surface area contributed by atoms with Gasteiger partial charge in [-0.1, -0.05) is 30.3 Å². The minimum absolute atomic E-state index is 0.196. The molecule has 30 heavy (non-hydrogen) atoms. The van der Waals surface area contributed by atoms with Crippen LogP contribution in [-0.2, 0) is 25.4 Å². The number of rotatable bonds is 7. The highest BCUT2D eigenvalue weighted by Gasteiger charge is 2.50. The molecule has 170 valence electrons. The van der Waals surface area contributed by atoms with Gasteiger partial charge in [-0.25, -0.2) is 0 Å². The van der Waals surface area contributed by atoms with Gasteiger partial charge in [-0.15, -0.1) is 0 Å². The minimum Gasteiger partial charge on any atom is -0.394 e. The highest BCUT2D eigenvalue weighted by atomic mass is 16.8. The van der Waals surface area contributed by atoms with Gasteiger partial charge in [0.2, 0.25) is 0 Å². The van der Waals surface area contributed by atoms with Gasteiger partial charge in [0.25, 0.3) is 0 Å². The molecule has 0 saturated carbocycles. The zero-order valence-corrected chi connectivity index (χ0v) is 16.6. The number of aliphatic hydroxyl groups is 6. The normalized spacial score (nSPS) is 42.2. The maximum absolute atomic E-state index is 10.5. The van der Waals surface area contributed by atoms with Crippen LogP contribution in [0.3, 0.4) is 0 Å². The SMILES string of the molecule is CC1OC(OC2C(OCCc3ccccc3)OC(CO)C(O)C2O)C(O)C(O)C1O. The second-order valence-corrected chi connectivity index (χ2v) is 7.60. The lowest BCUT2D eigenvalue weighted by molar-refractivity contribution is -0.364. The molecule has 10 unspecified atom stereocenters. The Morgan fingerprint density at radius 1 is 0.833 bits per heavy atom. The first-order chi connectivity index (χ1) is 14.3. The largest absolute Gasteiger partial charge is 0.394 e. The van der Waals surface area contributed by atoms with Gasteiger partial charge in [0.1, 0.15) is 42.7 Å². The van der Waals surface area contributed by atoms with Crippen LogP contribution >= 0.6 is 0 Å². The summed E-state index contributed by atoms with van der Waals surface area (Å²) in [5, 5.41) is 60.2. The van der Waals surface area contributed by atoms with E-state index < -0.39 is 68.0 Å². The molecule has 0 radical (unpaired) electrons. The fourth-order valence-electron chi connectivity index (χ4n) is 3.55. The summed E-state index contributed by atoms with van der Waals surface area (Å²) < 4.78 is 22.3. The number of hydrogen-bond donors (Lipinski definition) is 6. The van der Waals surface area contributed by atoms with Crippen LogP contribution in [0.1, 0.15) is 12.5 Å². The Morgan fingerprint density at radius 3 is 2.20 bits per heavy atom. The van der Waals surface area contributed by atoms with Crippen molar-refractivity contribution in [3.05, 3.63) is 35.9 Å². The van der Waals surface area contributed by atoms with Crippen molar-refractivity contribution in [3.8, 4) is 0 Å². The van der Waals surface area contributed by atoms with Crippen molar-refractivity contribution in [1.82, 2.24) is 0 Å². The topological polar surface area (TPSA) is 158 Å². The fraction of sp³-hybridized carbons (Fsp3) is 0.700. The summed E-state index contributed by atoms with van der Waals surface area (Å²) in [6.07, 6.45) is -12.7. The molecule has 10 nitrogen and oxygen atoms in total. The summed E-state index contributed by atoms with van der Waals surface area (Å²) in [5.41, 5.74) is 1.02. The summed E-state index contributed by atoms with van der Waals surface area (Å²) in [6.45, 7) is 1.14. The van der Waals surface area contributed by atoms with Crippen molar-refractivity contribution >= 4 is 0 Å². The van der Waals surface area contributed by atoms with Gasteiger partial charge < -0.3 is 49.6 Å². The van der Waals surface area contributed by atoms with Crippen molar-refractivity contribution in [3.63, 3.8) is 0 Å². The summed E-state index contributed by atoms with van der Waals surface area (Å²) >= 11 is 0. The maximum Gasteiger partial charge on any atom is 0.187 e. The Morgan fingerprint density at radius 2 is 1.53 bits per heavy atom. The van der Waals surface area contributed by atoms with Crippen LogP contribution in [0.15, 0.2) is 30.3 Å². The third-order valence-corrected chi connectivity index (χ3v) is 5.44. The molecule has 2 fully saturated rings. The lowest BCUT2D eigenvalue weighted by atomic mass is 9.97. The average Bonchev–Trinajstić information content (AvgIpc) is 2.75. The molecular formula is C20H30O10. The quantitative estimate of drug-likeness (QED) is 0.283. The van der Waals surface area contributed by atoms with Crippen LogP contribution in [0, 0.1) is 0 Å². The highest BCUT2D eigenvalue weighted by molar-refractivity contribution is 5.14. The Labute approximate surface area is 174 Å². The summed E-state index contributed by atoms with van der Waals surface area (Å²) in [6, 6.07) is 9.53. The number of benzene rings is 1. The highest BCUT2D eigenvalue weighted by Crippen LogP contribution is 2.29. The lowest BCUT2D eigenvalue weighted by Gasteiger charge is -2.45. The van der Waals surface area contributed by atoms with E-state index in [1.807, 2.05) is 30.3 Å². The van der Waals surface area contributed by atoms with Gasteiger partial charge in [-0.3, -0.25) is 0 Å². The first kappa shape index (κ1) is 23.5. The van der Waals surface area contributed by atoms with E-state index in [4.69, 9.17) is 18.9 Å². The van der Waals surface area contributed by atoms with Crippen molar-refractivity contribution < 1.29 is 49.6 Å². The van der Waals surface area contributed by atoms with E-state index in [0.717, 1.165) is 5.56 Å². The van der Waals surface area contributed by atoms with E-state index >= 15 is 0 Å². The third-order valence-electron chi connectivity index (χ3n) is 5.44. The minimum atomic E-state index is -1.60. The molecular weight excluding hydrogens is 400 g/mol. The van der Waals surface area contributed by atoms with Gasteiger partial charge in [-0.2, -0.15) is 0 Å². The number of ether oxygens (including phenoxy) is 4. The molecule has 2 saturated heterocycles. The van der Waals surface area contributed by atoms with Crippen LogP contribution in [0.25, 0.3) is 0 Å². The molecule has 0 bridgehead atoms. The Bertz CT molecular complexity index is 646. The van der Waals surface area contributed by atoms with Gasteiger partial charge in [0.05, 0.1) is 19.3 Å². The maximum atomic E-state index is 10.5. The van der Waals surface area contributed by atoms with Gasteiger partial charge >= 0.3 is 0 Å². The molecule has 6 N–H and O–H groups in total. The first-order valence-corrected chi connectivity index (χ1v) is 9.96. The second kappa shape index (κ2) is 10.4. The van der Waals surface area contributed by atoms with Crippen LogP contribution in [0.4, 0.5) is 0 Å². The van der Waals surface area contributed by atoms with Crippen LogP contribution in [-0.4, -0.2) is 105 Å². The number of hydrogen-bond acceptors (Lipinski definition) is 10. The predicted molar refractivity (Wildman–Crippen MR) is 101 cm³/mol. The van der Waals surface area contributed by atoms with Crippen molar-refractivity contribution in [2.45, 2.75) is 74.8 Å². The smallest absolute Gasteiger partial charge is 0.187 e. The molecule has 0 amide bonds. The van der Waals surface area contributed by atoms with Crippen molar-refractivity contribution in [1.29, 1.82) is 0 Å². The lowest BCUT2D eigenvalue weighted by Crippen LogP contribution is -2.64. The van der Waals surface area contributed by atoms with Gasteiger partial charge in [0.15, 0.2) is 12.6 Å². The Hall–Kier alpha value is -1.18. The molecule has 1 aromatic carbocycles. The zero-order chi connectivity index (χ0) is 21.8. The average molecular weight is 430 g/mol.